The maximum absolute atomic E-state index is 13.3. The lowest BCUT2D eigenvalue weighted by atomic mass is 10.0. The summed E-state index contributed by atoms with van der Waals surface area (Å²) in [5.74, 6) is 0.00151. The van der Waals surface area contributed by atoms with Gasteiger partial charge in [-0.1, -0.05) is 27.7 Å². The second-order valence-electron chi connectivity index (χ2n) is 6.70. The van der Waals surface area contributed by atoms with Crippen LogP contribution in [0, 0.1) is 32.7 Å². The summed E-state index contributed by atoms with van der Waals surface area (Å²) in [6.07, 6.45) is 0. The molecule has 1 saturated carbocycles. The van der Waals surface area contributed by atoms with Gasteiger partial charge < -0.3 is 5.32 Å². The maximum Gasteiger partial charge on any atom is 0.272 e. The molecule has 1 aliphatic carbocycles. The molecular formula is C15H21FN2O2. The van der Waals surface area contributed by atoms with Gasteiger partial charge >= 0.3 is 0 Å². The molecule has 0 spiro atoms. The Balaban J connectivity index is 1.94. The molecule has 2 rings (SSSR count). The Bertz CT molecular complexity index is 527. The Morgan fingerprint density at radius 3 is 2.35 bits per heavy atom. The average Bonchev–Trinajstić information content (AvgIpc) is 2.70. The number of hydrogen-bond acceptors (Lipinski definition) is 3. The van der Waals surface area contributed by atoms with Gasteiger partial charge in [-0.3, -0.25) is 10.1 Å². The summed E-state index contributed by atoms with van der Waals surface area (Å²) in [6, 6.07) is 3.69. The molecule has 0 aliphatic heterocycles. The van der Waals surface area contributed by atoms with Crippen LogP contribution in [0.15, 0.2) is 18.2 Å². The van der Waals surface area contributed by atoms with Gasteiger partial charge in [-0.15, -0.1) is 0 Å². The molecule has 0 radical (unpaired) electrons. The minimum absolute atomic E-state index is 0.200. The zero-order valence-corrected chi connectivity index (χ0v) is 12.4. The van der Waals surface area contributed by atoms with Crippen LogP contribution in [0.5, 0.6) is 0 Å². The summed E-state index contributed by atoms with van der Waals surface area (Å²) >= 11 is 0. The number of benzene rings is 1. The fourth-order valence-electron chi connectivity index (χ4n) is 3.05. The van der Waals surface area contributed by atoms with Crippen molar-refractivity contribution in [1.82, 2.24) is 5.32 Å². The number of nitro groups is 1. The van der Waals surface area contributed by atoms with E-state index in [9.17, 15) is 14.5 Å². The van der Waals surface area contributed by atoms with Crippen molar-refractivity contribution in [2.75, 3.05) is 6.54 Å². The van der Waals surface area contributed by atoms with Crippen LogP contribution in [0.25, 0.3) is 0 Å². The van der Waals surface area contributed by atoms with Crippen LogP contribution >= 0.6 is 0 Å². The Hall–Kier alpha value is -1.49. The number of nitrogens with one attached hydrogen (secondary N) is 1. The minimum atomic E-state index is -0.570. The van der Waals surface area contributed by atoms with E-state index in [4.69, 9.17) is 0 Å². The van der Waals surface area contributed by atoms with E-state index in [0.717, 1.165) is 12.6 Å². The highest BCUT2D eigenvalue weighted by molar-refractivity contribution is 5.35. The van der Waals surface area contributed by atoms with Crippen LogP contribution in [0.2, 0.25) is 0 Å². The number of hydrogen-bond donors (Lipinski definition) is 1. The van der Waals surface area contributed by atoms with E-state index >= 15 is 0 Å². The number of nitro benzene ring substituents is 1. The van der Waals surface area contributed by atoms with Crippen LogP contribution in [0.1, 0.15) is 33.3 Å². The van der Waals surface area contributed by atoms with Crippen molar-refractivity contribution in [3.05, 3.63) is 39.7 Å². The SMILES string of the molecule is CC1(C)C(CNCc2cc(F)cc([N+](=O)[O-])c2)C1(C)C. The van der Waals surface area contributed by atoms with Crippen LogP contribution in [-0.4, -0.2) is 11.5 Å². The molecule has 0 aromatic heterocycles. The topological polar surface area (TPSA) is 55.2 Å². The fourth-order valence-corrected chi connectivity index (χ4v) is 3.05. The van der Waals surface area contributed by atoms with E-state index < -0.39 is 10.7 Å². The Labute approximate surface area is 118 Å². The number of nitrogens with zero attached hydrogens (tertiary/aromatic N) is 1. The Kier molecular flexibility index (Phi) is 3.58. The maximum atomic E-state index is 13.3. The van der Waals surface area contributed by atoms with Gasteiger partial charge in [0, 0.05) is 12.6 Å². The van der Waals surface area contributed by atoms with Gasteiger partial charge in [0.15, 0.2) is 0 Å². The summed E-state index contributed by atoms with van der Waals surface area (Å²) in [6.45, 7) is 10.3. The van der Waals surface area contributed by atoms with Crippen LogP contribution in [0.4, 0.5) is 10.1 Å². The summed E-state index contributed by atoms with van der Waals surface area (Å²) in [4.78, 5) is 10.1. The minimum Gasteiger partial charge on any atom is -0.312 e. The zero-order chi connectivity index (χ0) is 15.1. The zero-order valence-electron chi connectivity index (χ0n) is 12.4. The first-order valence-corrected chi connectivity index (χ1v) is 6.81. The molecule has 0 heterocycles. The number of rotatable bonds is 5. The quantitative estimate of drug-likeness (QED) is 0.663. The molecule has 0 saturated heterocycles. The fraction of sp³-hybridized carbons (Fsp3) is 0.600. The molecule has 0 bridgehead atoms. The Morgan fingerprint density at radius 1 is 1.25 bits per heavy atom. The average molecular weight is 280 g/mol. The van der Waals surface area contributed by atoms with Crippen molar-refractivity contribution in [1.29, 1.82) is 0 Å². The van der Waals surface area contributed by atoms with Crippen molar-refractivity contribution in [3.63, 3.8) is 0 Å². The third kappa shape index (κ3) is 2.54. The molecule has 1 aromatic carbocycles. The first kappa shape index (κ1) is 14.9. The summed E-state index contributed by atoms with van der Waals surface area (Å²) in [7, 11) is 0. The molecule has 1 aromatic rings. The molecule has 1 N–H and O–H groups in total. The van der Waals surface area contributed by atoms with Gasteiger partial charge in [0.1, 0.15) is 5.82 Å². The molecule has 0 amide bonds. The molecular weight excluding hydrogens is 259 g/mol. The molecule has 110 valence electrons. The van der Waals surface area contributed by atoms with E-state index in [0.29, 0.717) is 28.9 Å². The van der Waals surface area contributed by atoms with Crippen molar-refractivity contribution in [2.24, 2.45) is 16.7 Å². The standard InChI is InChI=1S/C15H21FN2O2/c1-14(2)13(15(14,3)4)9-17-8-10-5-11(16)7-12(6-10)18(19)20/h5-7,13,17H,8-9H2,1-4H3. The number of non-ortho nitro benzene ring substituents is 1. The second kappa shape index (κ2) is 4.81. The summed E-state index contributed by atoms with van der Waals surface area (Å²) < 4.78 is 13.3. The van der Waals surface area contributed by atoms with Crippen LogP contribution in [0.3, 0.4) is 0 Å². The van der Waals surface area contributed by atoms with Crippen molar-refractivity contribution < 1.29 is 9.31 Å². The Morgan fingerprint density at radius 2 is 1.85 bits per heavy atom. The van der Waals surface area contributed by atoms with Gasteiger partial charge in [-0.25, -0.2) is 4.39 Å². The predicted molar refractivity (Wildman–Crippen MR) is 75.8 cm³/mol. The third-order valence-corrected chi connectivity index (χ3v) is 5.15. The van der Waals surface area contributed by atoms with E-state index in [-0.39, 0.29) is 5.69 Å². The van der Waals surface area contributed by atoms with Gasteiger partial charge in [0.2, 0.25) is 0 Å². The lowest BCUT2D eigenvalue weighted by Crippen LogP contribution is -2.19. The third-order valence-electron chi connectivity index (χ3n) is 5.15. The summed E-state index contributed by atoms with van der Waals surface area (Å²) in [5, 5.41) is 14.0. The molecule has 4 nitrogen and oxygen atoms in total. The highest BCUT2D eigenvalue weighted by atomic mass is 19.1. The first-order chi connectivity index (χ1) is 9.16. The second-order valence-corrected chi connectivity index (χ2v) is 6.70. The van der Waals surface area contributed by atoms with E-state index in [2.05, 4.69) is 33.0 Å². The highest BCUT2D eigenvalue weighted by Crippen LogP contribution is 2.67. The molecule has 20 heavy (non-hydrogen) atoms. The molecule has 0 unspecified atom stereocenters. The molecule has 1 fully saturated rings. The monoisotopic (exact) mass is 280 g/mol. The highest BCUT2D eigenvalue weighted by Gasteiger charge is 2.63. The lowest BCUT2D eigenvalue weighted by Gasteiger charge is -2.06. The molecule has 1 aliphatic rings. The van der Waals surface area contributed by atoms with Gasteiger partial charge in [0.25, 0.3) is 5.69 Å². The first-order valence-electron chi connectivity index (χ1n) is 6.81. The molecule has 0 atom stereocenters. The van der Waals surface area contributed by atoms with Gasteiger partial charge in [-0.2, -0.15) is 0 Å². The van der Waals surface area contributed by atoms with Crippen molar-refractivity contribution in [3.8, 4) is 0 Å². The predicted octanol–water partition coefficient (Wildman–Crippen LogP) is 3.51. The van der Waals surface area contributed by atoms with E-state index in [1.807, 2.05) is 0 Å². The molecule has 5 heteroatoms. The normalized spacial score (nSPS) is 19.9. The lowest BCUT2D eigenvalue weighted by molar-refractivity contribution is -0.385. The summed E-state index contributed by atoms with van der Waals surface area (Å²) in [5.41, 5.74) is 1.00. The number of halogens is 1. The van der Waals surface area contributed by atoms with Crippen molar-refractivity contribution >= 4 is 5.69 Å². The van der Waals surface area contributed by atoms with E-state index in [1.54, 1.807) is 0 Å². The van der Waals surface area contributed by atoms with Crippen molar-refractivity contribution in [2.45, 2.75) is 34.2 Å². The van der Waals surface area contributed by atoms with E-state index in [1.165, 1.54) is 12.1 Å². The van der Waals surface area contributed by atoms with Gasteiger partial charge in [-0.05, 0) is 34.9 Å². The van der Waals surface area contributed by atoms with Gasteiger partial charge in [0.05, 0.1) is 11.0 Å². The van der Waals surface area contributed by atoms with Crippen LogP contribution < -0.4 is 5.32 Å². The smallest absolute Gasteiger partial charge is 0.272 e. The largest absolute Gasteiger partial charge is 0.312 e. The van der Waals surface area contributed by atoms with Crippen LogP contribution in [-0.2, 0) is 6.54 Å².